The summed E-state index contributed by atoms with van der Waals surface area (Å²) in [6.07, 6.45) is 6.74. The minimum Gasteiger partial charge on any atom is -0.484 e. The number of hydrogen-bond acceptors (Lipinski definition) is 3. The van der Waals surface area contributed by atoms with Gasteiger partial charge in [0.25, 0.3) is 0 Å². The minimum atomic E-state index is -0.988. The summed E-state index contributed by atoms with van der Waals surface area (Å²) >= 11 is 1.90. The van der Waals surface area contributed by atoms with Crippen LogP contribution in [0, 0.1) is 0 Å². The van der Waals surface area contributed by atoms with Crippen LogP contribution >= 0.6 is 11.3 Å². The van der Waals surface area contributed by atoms with Crippen LogP contribution in [0.15, 0.2) is 54.6 Å². The third-order valence-corrected chi connectivity index (χ3v) is 8.90. The summed E-state index contributed by atoms with van der Waals surface area (Å²) in [5, 5.41) is 18.4. The molecule has 0 amide bonds. The first-order valence-corrected chi connectivity index (χ1v) is 12.9. The summed E-state index contributed by atoms with van der Waals surface area (Å²) < 4.78 is 9.22. The molecule has 0 aliphatic heterocycles. The van der Waals surface area contributed by atoms with Crippen LogP contribution in [0.3, 0.4) is 0 Å². The lowest BCUT2D eigenvalue weighted by molar-refractivity contribution is -0.0899. The van der Waals surface area contributed by atoms with Crippen LogP contribution in [0.25, 0.3) is 47.8 Å². The molecule has 0 fully saturated rings. The summed E-state index contributed by atoms with van der Waals surface area (Å²) in [4.78, 5) is 0. The van der Waals surface area contributed by atoms with Crippen LogP contribution in [0.5, 0.6) is 5.75 Å². The molecule has 5 aromatic rings. The maximum absolute atomic E-state index is 10.8. The van der Waals surface area contributed by atoms with Gasteiger partial charge in [-0.3, -0.25) is 0 Å². The van der Waals surface area contributed by atoms with Crippen molar-refractivity contribution in [2.24, 2.45) is 0 Å². The first-order chi connectivity index (χ1) is 16.2. The van der Waals surface area contributed by atoms with Gasteiger partial charge in [-0.2, -0.15) is 0 Å². The summed E-state index contributed by atoms with van der Waals surface area (Å²) in [6, 6.07) is 17.6. The van der Waals surface area contributed by atoms with Gasteiger partial charge in [-0.1, -0.05) is 54.0 Å². The van der Waals surface area contributed by atoms with Gasteiger partial charge in [-0.15, -0.1) is 11.3 Å². The fourth-order valence-electron chi connectivity index (χ4n) is 5.21. The molecule has 2 nitrogen and oxygen atoms in total. The van der Waals surface area contributed by atoms with E-state index in [2.05, 4.69) is 56.4 Å². The zero-order valence-electron chi connectivity index (χ0n) is 20.5. The Hall–Kier alpha value is -2.82. The van der Waals surface area contributed by atoms with Crippen molar-refractivity contribution in [3.63, 3.8) is 0 Å². The Kier molecular flexibility index (Phi) is 4.68. The molecule has 0 saturated carbocycles. The molecule has 1 N–H and O–H groups in total. The first-order valence-electron chi connectivity index (χ1n) is 12.1. The van der Waals surface area contributed by atoms with E-state index in [1.54, 1.807) is 0 Å². The molecule has 1 aliphatic rings. The van der Waals surface area contributed by atoms with E-state index in [0.29, 0.717) is 0 Å². The molecule has 4 heteroatoms. The van der Waals surface area contributed by atoms with Crippen LogP contribution in [0.1, 0.15) is 45.2 Å². The highest BCUT2D eigenvalue weighted by atomic mass is 32.1. The Morgan fingerprint density at radius 3 is 2.50 bits per heavy atom. The van der Waals surface area contributed by atoms with Crippen LogP contribution in [-0.4, -0.2) is 24.2 Å². The predicted octanol–water partition coefficient (Wildman–Crippen LogP) is 6.51. The van der Waals surface area contributed by atoms with Gasteiger partial charge in [0.2, 0.25) is 0 Å². The average molecular weight is 464 g/mol. The van der Waals surface area contributed by atoms with Crippen LogP contribution in [0.2, 0.25) is 0 Å². The molecule has 0 unspecified atom stereocenters. The second-order valence-corrected chi connectivity index (χ2v) is 11.7. The third-order valence-electron chi connectivity index (χ3n) is 7.73. The zero-order valence-corrected chi connectivity index (χ0v) is 21.3. The molecule has 6 rings (SSSR count). The van der Waals surface area contributed by atoms with Crippen molar-refractivity contribution >= 4 is 72.4 Å². The Labute approximate surface area is 205 Å². The molecule has 0 spiro atoms. The molecule has 0 atom stereocenters. The summed E-state index contributed by atoms with van der Waals surface area (Å²) in [6.45, 7) is 7.52. The van der Waals surface area contributed by atoms with Gasteiger partial charge in [-0.05, 0) is 80.0 Å². The Morgan fingerprint density at radius 2 is 1.71 bits per heavy atom. The number of aliphatic hydroxyl groups is 1. The second kappa shape index (κ2) is 7.34. The van der Waals surface area contributed by atoms with Crippen molar-refractivity contribution in [2.75, 3.05) is 0 Å². The van der Waals surface area contributed by atoms with E-state index in [0.717, 1.165) is 29.4 Å². The Balaban J connectivity index is 1.75. The number of ether oxygens (including phenoxy) is 1. The molecule has 1 aromatic heterocycles. The molecule has 1 aliphatic carbocycles. The van der Waals surface area contributed by atoms with E-state index in [1.165, 1.54) is 47.5 Å². The molecule has 0 radical (unpaired) electrons. The lowest BCUT2D eigenvalue weighted by Crippen LogP contribution is -2.49. The van der Waals surface area contributed by atoms with Gasteiger partial charge in [0.05, 0.1) is 5.60 Å². The van der Waals surface area contributed by atoms with Crippen LogP contribution < -0.4 is 10.2 Å². The smallest absolute Gasteiger partial charge is 0.140 e. The zero-order chi connectivity index (χ0) is 23.8. The standard InChI is InChI=1S/C30H29BO2S/c1-29(2,32)30(3,4)33-22-11-7-9-18-14-15-23-27(25(18)22)26-21(31)16-19-13-12-17-8-5-6-10-20(17)24(19)28(26)34-23/h5,7-9,11-16,32H,6,10,31H2,1-4H3. The molecule has 0 saturated heterocycles. The SMILES string of the molecule is Bc1cc2ccc3c(c2c2sc4ccc5cccc(OC(C)(C)C(C)(C)O)c5c4c12)CCC=C3. The Bertz CT molecular complexity index is 1650. The normalized spacial score (nSPS) is 14.4. The van der Waals surface area contributed by atoms with E-state index in [9.17, 15) is 5.11 Å². The quantitative estimate of drug-likeness (QED) is 0.309. The summed E-state index contributed by atoms with van der Waals surface area (Å²) in [5.74, 6) is 0.826. The average Bonchev–Trinajstić information content (AvgIpc) is 3.18. The highest BCUT2D eigenvalue weighted by molar-refractivity contribution is 7.27. The number of benzene rings is 4. The van der Waals surface area contributed by atoms with Crippen LogP contribution in [-0.2, 0) is 6.42 Å². The van der Waals surface area contributed by atoms with E-state index < -0.39 is 11.2 Å². The fourth-order valence-corrected chi connectivity index (χ4v) is 6.58. The number of hydrogen-bond donors (Lipinski definition) is 1. The maximum Gasteiger partial charge on any atom is 0.140 e. The highest BCUT2D eigenvalue weighted by Gasteiger charge is 2.37. The predicted molar refractivity (Wildman–Crippen MR) is 151 cm³/mol. The molecule has 34 heavy (non-hydrogen) atoms. The molecule has 170 valence electrons. The van der Waals surface area contributed by atoms with Gasteiger partial charge >= 0.3 is 0 Å². The third kappa shape index (κ3) is 3.12. The fraction of sp³-hybridized carbons (Fsp3) is 0.267. The number of allylic oxidation sites excluding steroid dienone is 1. The van der Waals surface area contributed by atoms with Gasteiger partial charge < -0.3 is 9.84 Å². The monoisotopic (exact) mass is 464 g/mol. The van der Waals surface area contributed by atoms with E-state index in [1.807, 2.05) is 51.2 Å². The van der Waals surface area contributed by atoms with E-state index >= 15 is 0 Å². The topological polar surface area (TPSA) is 29.5 Å². The van der Waals surface area contributed by atoms with E-state index in [4.69, 9.17) is 4.74 Å². The van der Waals surface area contributed by atoms with Gasteiger partial charge in [0.15, 0.2) is 0 Å². The lowest BCUT2D eigenvalue weighted by Gasteiger charge is -2.37. The molecule has 1 heterocycles. The van der Waals surface area contributed by atoms with Gasteiger partial charge in [0, 0.05) is 25.6 Å². The van der Waals surface area contributed by atoms with Crippen molar-refractivity contribution in [1.82, 2.24) is 0 Å². The van der Waals surface area contributed by atoms with Gasteiger partial charge in [-0.25, -0.2) is 0 Å². The molecule has 0 bridgehead atoms. The van der Waals surface area contributed by atoms with Crippen molar-refractivity contribution in [3.8, 4) is 5.75 Å². The maximum atomic E-state index is 10.8. The van der Waals surface area contributed by atoms with Crippen LogP contribution in [0.4, 0.5) is 0 Å². The van der Waals surface area contributed by atoms with Gasteiger partial charge in [0.1, 0.15) is 19.2 Å². The van der Waals surface area contributed by atoms with E-state index in [-0.39, 0.29) is 0 Å². The van der Waals surface area contributed by atoms with Crippen molar-refractivity contribution in [1.29, 1.82) is 0 Å². The largest absolute Gasteiger partial charge is 0.484 e. The number of thiophene rings is 1. The summed E-state index contributed by atoms with van der Waals surface area (Å²) in [7, 11) is 2.23. The number of fused-ring (bicyclic) bond motifs is 9. The minimum absolute atomic E-state index is 0.748. The second-order valence-electron chi connectivity index (χ2n) is 10.6. The Morgan fingerprint density at radius 1 is 0.912 bits per heavy atom. The first kappa shape index (κ1) is 21.7. The van der Waals surface area contributed by atoms with Crippen molar-refractivity contribution < 1.29 is 9.84 Å². The molecular weight excluding hydrogens is 435 g/mol. The molecule has 4 aromatic carbocycles. The lowest BCUT2D eigenvalue weighted by atomic mass is 9.84. The number of aryl methyl sites for hydroxylation is 1. The number of rotatable bonds is 3. The summed E-state index contributed by atoms with van der Waals surface area (Å²) in [5.41, 5.74) is 2.38. The van der Waals surface area contributed by atoms with Crippen molar-refractivity contribution in [3.05, 3.63) is 65.7 Å². The highest BCUT2D eigenvalue weighted by Crippen LogP contribution is 2.46. The van der Waals surface area contributed by atoms with Crippen molar-refractivity contribution in [2.45, 2.75) is 51.7 Å². The molecular formula is C30H29BO2S.